The summed E-state index contributed by atoms with van der Waals surface area (Å²) in [6.07, 6.45) is 4.40. The third-order valence-electron chi connectivity index (χ3n) is 5.86. The quantitative estimate of drug-likeness (QED) is 0.212. The van der Waals surface area contributed by atoms with Crippen LogP contribution in [0.5, 0.6) is 6.01 Å². The molecule has 0 aliphatic carbocycles. The second kappa shape index (κ2) is 12.1. The summed E-state index contributed by atoms with van der Waals surface area (Å²) >= 11 is 0. The van der Waals surface area contributed by atoms with Crippen LogP contribution in [-0.2, 0) is 4.79 Å². The van der Waals surface area contributed by atoms with Crippen molar-refractivity contribution < 1.29 is 23.4 Å². The number of aliphatic carboxylic acids is 1. The highest BCUT2D eigenvalue weighted by Crippen LogP contribution is 2.38. The molecule has 0 aliphatic heterocycles. The van der Waals surface area contributed by atoms with Gasteiger partial charge in [-0.05, 0) is 73.5 Å². The SMILES string of the molecule is O=C(O)CCCCCCCOc1nc(-c2ccc(F)cc2)c(-c2ccc(F)cc2)n1-c1ccccc1. The van der Waals surface area contributed by atoms with Gasteiger partial charge in [-0.1, -0.05) is 37.5 Å². The summed E-state index contributed by atoms with van der Waals surface area (Å²) in [5, 5.41) is 8.75. The first-order valence-electron chi connectivity index (χ1n) is 12.1. The van der Waals surface area contributed by atoms with Gasteiger partial charge in [0.2, 0.25) is 0 Å². The van der Waals surface area contributed by atoms with Crippen molar-refractivity contribution in [1.29, 1.82) is 0 Å². The van der Waals surface area contributed by atoms with Crippen LogP contribution in [0.4, 0.5) is 8.78 Å². The van der Waals surface area contributed by atoms with Crippen molar-refractivity contribution in [3.8, 4) is 34.2 Å². The normalized spacial score (nSPS) is 10.9. The number of hydrogen-bond donors (Lipinski definition) is 1. The standard InChI is InChI=1S/C29H28F2N2O3/c30-23-16-12-21(13-17-23)27-28(22-14-18-24(31)19-15-22)33(25-9-5-4-6-10-25)29(32-27)36-20-8-3-1-2-7-11-26(34)35/h4-6,9-10,12-19H,1-3,7-8,11,20H2,(H,34,35). The van der Waals surface area contributed by atoms with Gasteiger partial charge in [0, 0.05) is 17.5 Å². The van der Waals surface area contributed by atoms with Gasteiger partial charge in [-0.15, -0.1) is 0 Å². The molecule has 0 radical (unpaired) electrons. The van der Waals surface area contributed by atoms with Gasteiger partial charge in [-0.3, -0.25) is 9.36 Å². The lowest BCUT2D eigenvalue weighted by Gasteiger charge is -2.13. The van der Waals surface area contributed by atoms with Crippen molar-refractivity contribution >= 4 is 5.97 Å². The van der Waals surface area contributed by atoms with Gasteiger partial charge in [0.05, 0.1) is 18.0 Å². The van der Waals surface area contributed by atoms with Crippen molar-refractivity contribution in [3.05, 3.63) is 90.5 Å². The minimum absolute atomic E-state index is 0.198. The highest BCUT2D eigenvalue weighted by Gasteiger charge is 2.22. The Labute approximate surface area is 209 Å². The molecule has 0 atom stereocenters. The number of unbranched alkanes of at least 4 members (excludes halogenated alkanes) is 4. The fourth-order valence-electron chi connectivity index (χ4n) is 4.07. The maximum atomic E-state index is 13.7. The molecule has 0 saturated heterocycles. The molecule has 1 heterocycles. The Balaban J connectivity index is 1.65. The predicted molar refractivity (Wildman–Crippen MR) is 135 cm³/mol. The number of nitrogens with zero attached hydrogens (tertiary/aromatic N) is 2. The minimum Gasteiger partial charge on any atom is -0.481 e. The predicted octanol–water partition coefficient (Wildman–Crippen LogP) is 7.29. The first-order valence-corrected chi connectivity index (χ1v) is 12.1. The molecule has 0 aliphatic rings. The van der Waals surface area contributed by atoms with E-state index in [1.54, 1.807) is 24.3 Å². The topological polar surface area (TPSA) is 64.3 Å². The number of carbonyl (C=O) groups is 1. The van der Waals surface area contributed by atoms with Gasteiger partial charge in [0.25, 0.3) is 0 Å². The summed E-state index contributed by atoms with van der Waals surface area (Å²) < 4.78 is 35.5. The molecule has 0 fully saturated rings. The van der Waals surface area contributed by atoms with Gasteiger partial charge in [0.1, 0.15) is 17.3 Å². The average Bonchev–Trinajstić information content (AvgIpc) is 3.26. The van der Waals surface area contributed by atoms with Crippen LogP contribution < -0.4 is 4.74 Å². The second-order valence-electron chi connectivity index (χ2n) is 8.54. The number of imidazole rings is 1. The summed E-state index contributed by atoms with van der Waals surface area (Å²) in [6, 6.07) is 22.3. The van der Waals surface area contributed by atoms with Crippen molar-refractivity contribution in [1.82, 2.24) is 9.55 Å². The van der Waals surface area contributed by atoms with Crippen LogP contribution in [0.15, 0.2) is 78.9 Å². The van der Waals surface area contributed by atoms with E-state index >= 15 is 0 Å². The Morgan fingerprint density at radius 3 is 2.00 bits per heavy atom. The number of hydrogen-bond acceptors (Lipinski definition) is 3. The van der Waals surface area contributed by atoms with Gasteiger partial charge < -0.3 is 9.84 Å². The molecular formula is C29H28F2N2O3. The molecule has 1 aromatic heterocycles. The molecule has 0 bridgehead atoms. The van der Waals surface area contributed by atoms with Crippen LogP contribution in [0.2, 0.25) is 0 Å². The van der Waals surface area contributed by atoms with E-state index in [0.29, 0.717) is 30.3 Å². The van der Waals surface area contributed by atoms with Crippen molar-refractivity contribution in [3.63, 3.8) is 0 Å². The van der Waals surface area contributed by atoms with Gasteiger partial charge in [-0.2, -0.15) is 4.98 Å². The van der Waals surface area contributed by atoms with Crippen LogP contribution in [0.25, 0.3) is 28.2 Å². The van der Waals surface area contributed by atoms with Crippen molar-refractivity contribution in [2.24, 2.45) is 0 Å². The van der Waals surface area contributed by atoms with E-state index in [4.69, 9.17) is 14.8 Å². The number of benzene rings is 3. The zero-order valence-corrected chi connectivity index (χ0v) is 19.9. The highest BCUT2D eigenvalue weighted by molar-refractivity contribution is 5.81. The number of aromatic nitrogens is 2. The number of carboxylic acids is 1. The number of rotatable bonds is 12. The lowest BCUT2D eigenvalue weighted by Crippen LogP contribution is -2.05. The molecule has 5 nitrogen and oxygen atoms in total. The molecule has 7 heteroatoms. The van der Waals surface area contributed by atoms with Crippen LogP contribution in [0, 0.1) is 11.6 Å². The summed E-state index contributed by atoms with van der Waals surface area (Å²) in [5.74, 6) is -1.45. The van der Waals surface area contributed by atoms with Gasteiger partial charge >= 0.3 is 12.0 Å². The Hall–Kier alpha value is -4.00. The fourth-order valence-corrected chi connectivity index (χ4v) is 4.07. The molecule has 1 N–H and O–H groups in total. The lowest BCUT2D eigenvalue weighted by atomic mass is 10.0. The van der Waals surface area contributed by atoms with E-state index in [9.17, 15) is 13.6 Å². The lowest BCUT2D eigenvalue weighted by molar-refractivity contribution is -0.137. The molecule has 0 unspecified atom stereocenters. The number of carboxylic acid groups (broad SMARTS) is 1. The molecule has 3 aromatic carbocycles. The maximum absolute atomic E-state index is 13.7. The Kier molecular flexibility index (Phi) is 8.44. The van der Waals surface area contributed by atoms with Gasteiger partial charge in [-0.25, -0.2) is 8.78 Å². The zero-order valence-electron chi connectivity index (χ0n) is 19.9. The third-order valence-corrected chi connectivity index (χ3v) is 5.86. The van der Waals surface area contributed by atoms with Crippen molar-refractivity contribution in [2.45, 2.75) is 38.5 Å². The summed E-state index contributed by atoms with van der Waals surface area (Å²) in [4.78, 5) is 15.5. The minimum atomic E-state index is -0.764. The monoisotopic (exact) mass is 490 g/mol. The largest absolute Gasteiger partial charge is 0.481 e. The molecule has 36 heavy (non-hydrogen) atoms. The van der Waals surface area contributed by atoms with E-state index in [1.807, 2.05) is 34.9 Å². The van der Waals surface area contributed by atoms with Crippen LogP contribution >= 0.6 is 0 Å². The molecule has 0 saturated carbocycles. The summed E-state index contributed by atoms with van der Waals surface area (Å²) in [5.41, 5.74) is 3.63. The third kappa shape index (κ3) is 6.36. The summed E-state index contributed by atoms with van der Waals surface area (Å²) in [6.45, 7) is 0.439. The average molecular weight is 491 g/mol. The van der Waals surface area contributed by atoms with E-state index in [-0.39, 0.29) is 18.1 Å². The Morgan fingerprint density at radius 1 is 0.778 bits per heavy atom. The number of halogens is 2. The van der Waals surface area contributed by atoms with Crippen molar-refractivity contribution in [2.75, 3.05) is 6.61 Å². The zero-order chi connectivity index (χ0) is 25.3. The van der Waals surface area contributed by atoms with Crippen LogP contribution in [-0.4, -0.2) is 27.2 Å². The number of ether oxygens (including phenoxy) is 1. The molecule has 0 amide bonds. The Morgan fingerprint density at radius 2 is 1.36 bits per heavy atom. The highest BCUT2D eigenvalue weighted by atomic mass is 19.1. The van der Waals surface area contributed by atoms with Crippen LogP contribution in [0.3, 0.4) is 0 Å². The van der Waals surface area contributed by atoms with E-state index in [0.717, 1.165) is 42.6 Å². The molecule has 4 aromatic rings. The van der Waals surface area contributed by atoms with E-state index in [2.05, 4.69) is 0 Å². The second-order valence-corrected chi connectivity index (χ2v) is 8.54. The maximum Gasteiger partial charge on any atom is 0.303 e. The summed E-state index contributed by atoms with van der Waals surface area (Å²) in [7, 11) is 0. The molecule has 0 spiro atoms. The molecule has 186 valence electrons. The first kappa shape index (κ1) is 25.1. The van der Waals surface area contributed by atoms with E-state index < -0.39 is 5.97 Å². The molecular weight excluding hydrogens is 462 g/mol. The Bertz CT molecular complexity index is 1270. The molecule has 4 rings (SSSR count). The van der Waals surface area contributed by atoms with Crippen LogP contribution in [0.1, 0.15) is 38.5 Å². The smallest absolute Gasteiger partial charge is 0.303 e. The number of para-hydroxylation sites is 1. The van der Waals surface area contributed by atoms with E-state index in [1.165, 1.54) is 24.3 Å². The fraction of sp³-hybridized carbons (Fsp3) is 0.241. The first-order chi connectivity index (χ1) is 17.5. The van der Waals surface area contributed by atoms with Gasteiger partial charge in [0.15, 0.2) is 0 Å².